The van der Waals surface area contributed by atoms with Crippen LogP contribution in [-0.4, -0.2) is 54.7 Å². The first-order valence-corrected chi connectivity index (χ1v) is 6.68. The maximum Gasteiger partial charge on any atom is 0.190 e. The fourth-order valence-corrected chi connectivity index (χ4v) is 4.22. The molecule has 0 aromatic heterocycles. The minimum absolute atomic E-state index is 0. The Balaban J connectivity index is 0.00000120. The zero-order valence-electron chi connectivity index (χ0n) is 10.3. The average Bonchev–Trinajstić information content (AvgIpc) is 2.79. The minimum atomic E-state index is -0.445. The molecule has 0 N–H and O–H groups in total. The molecule has 100 valence electrons. The first-order valence-electron chi connectivity index (χ1n) is 5.63. The van der Waals surface area contributed by atoms with Crippen LogP contribution in [0.25, 0.3) is 0 Å². The zero-order valence-corrected chi connectivity index (χ0v) is 12.0. The number of hydrogen-bond donors (Lipinski definition) is 0. The summed E-state index contributed by atoms with van der Waals surface area (Å²) in [7, 11) is 4.08. The molecule has 3 aliphatic rings. The third-order valence-electron chi connectivity index (χ3n) is 3.32. The largest absolute Gasteiger partial charge is 0.468 e. The standard InChI is InChI=1S/C12H15NO3S.ClH/c1-13(2)5-10-9-3-8(14)4-11-12(9,6-17-10)16-7-15-11;/h3-4,10H,5-7H2,1-2H3;1H. The molecular weight excluding hydrogens is 274 g/mol. The van der Waals surface area contributed by atoms with Gasteiger partial charge >= 0.3 is 0 Å². The highest BCUT2D eigenvalue weighted by molar-refractivity contribution is 8.00. The maximum atomic E-state index is 11.7. The molecule has 0 aromatic carbocycles. The van der Waals surface area contributed by atoms with Crippen LogP contribution in [0.15, 0.2) is 23.5 Å². The van der Waals surface area contributed by atoms with Crippen molar-refractivity contribution in [2.75, 3.05) is 33.2 Å². The van der Waals surface area contributed by atoms with Crippen molar-refractivity contribution in [1.29, 1.82) is 0 Å². The van der Waals surface area contributed by atoms with Gasteiger partial charge in [-0.2, -0.15) is 0 Å². The van der Waals surface area contributed by atoms with Crippen LogP contribution in [0.2, 0.25) is 0 Å². The normalized spacial score (nSPS) is 33.3. The van der Waals surface area contributed by atoms with Crippen molar-refractivity contribution in [2.24, 2.45) is 0 Å². The van der Waals surface area contributed by atoms with Gasteiger partial charge in [0, 0.05) is 23.6 Å². The molecule has 2 fully saturated rings. The van der Waals surface area contributed by atoms with E-state index in [1.807, 2.05) is 25.9 Å². The Morgan fingerprint density at radius 2 is 2.28 bits per heavy atom. The molecule has 2 unspecified atom stereocenters. The fourth-order valence-electron chi connectivity index (χ4n) is 2.55. The van der Waals surface area contributed by atoms with Crippen LogP contribution in [-0.2, 0) is 14.3 Å². The van der Waals surface area contributed by atoms with Crippen molar-refractivity contribution in [3.05, 3.63) is 23.5 Å². The summed E-state index contributed by atoms with van der Waals surface area (Å²) < 4.78 is 11.2. The Hall–Kier alpha value is -0.490. The van der Waals surface area contributed by atoms with Gasteiger partial charge in [0.1, 0.15) is 5.76 Å². The van der Waals surface area contributed by atoms with Crippen molar-refractivity contribution >= 4 is 30.0 Å². The average molecular weight is 290 g/mol. The molecule has 0 radical (unpaired) electrons. The van der Waals surface area contributed by atoms with E-state index < -0.39 is 5.60 Å². The van der Waals surface area contributed by atoms with Gasteiger partial charge in [-0.1, -0.05) is 0 Å². The lowest BCUT2D eigenvalue weighted by Crippen LogP contribution is -2.37. The van der Waals surface area contributed by atoms with Crippen molar-refractivity contribution in [3.63, 3.8) is 0 Å². The van der Waals surface area contributed by atoms with Crippen molar-refractivity contribution in [2.45, 2.75) is 10.9 Å². The number of carbonyl (C=O) groups excluding carboxylic acids is 1. The summed E-state index contributed by atoms with van der Waals surface area (Å²) in [6.07, 6.45) is 3.29. The summed E-state index contributed by atoms with van der Waals surface area (Å²) in [6, 6.07) is 0. The highest BCUT2D eigenvalue weighted by Crippen LogP contribution is 2.50. The number of nitrogens with zero attached hydrogens (tertiary/aromatic N) is 1. The van der Waals surface area contributed by atoms with Crippen molar-refractivity contribution in [3.8, 4) is 0 Å². The highest BCUT2D eigenvalue weighted by atomic mass is 35.5. The van der Waals surface area contributed by atoms with Crippen LogP contribution in [0, 0.1) is 0 Å². The molecular formula is C12H16ClNO3S. The van der Waals surface area contributed by atoms with E-state index in [4.69, 9.17) is 9.47 Å². The molecule has 0 amide bonds. The fraction of sp³-hybridized carbons (Fsp3) is 0.583. The Bertz CT molecular complexity index is 435. The van der Waals surface area contributed by atoms with Crippen LogP contribution < -0.4 is 0 Å². The summed E-state index contributed by atoms with van der Waals surface area (Å²) in [4.78, 5) is 13.8. The Labute approximate surface area is 117 Å². The molecule has 6 heteroatoms. The molecule has 2 aliphatic heterocycles. The van der Waals surface area contributed by atoms with E-state index in [1.54, 1.807) is 12.2 Å². The number of rotatable bonds is 2. The van der Waals surface area contributed by atoms with Gasteiger partial charge in [0.05, 0.1) is 0 Å². The van der Waals surface area contributed by atoms with Crippen molar-refractivity contribution < 1.29 is 14.3 Å². The second-order valence-corrected chi connectivity index (χ2v) is 6.00. The Kier molecular flexibility index (Phi) is 3.78. The van der Waals surface area contributed by atoms with E-state index in [2.05, 4.69) is 4.90 Å². The lowest BCUT2D eigenvalue weighted by Gasteiger charge is -2.27. The number of halogens is 1. The highest BCUT2D eigenvalue weighted by Gasteiger charge is 2.54. The smallest absolute Gasteiger partial charge is 0.190 e. The molecule has 2 atom stereocenters. The first-order chi connectivity index (χ1) is 8.12. The zero-order chi connectivity index (χ0) is 12.0. The summed E-state index contributed by atoms with van der Waals surface area (Å²) in [5.74, 6) is 1.56. The van der Waals surface area contributed by atoms with Gasteiger partial charge in [0.2, 0.25) is 0 Å². The molecule has 2 saturated heterocycles. The summed E-state index contributed by atoms with van der Waals surface area (Å²) in [6.45, 7) is 1.17. The SMILES string of the molecule is CN(C)CC1SCC23OCOC2=CC(=O)C=C13.Cl. The van der Waals surface area contributed by atoms with E-state index in [-0.39, 0.29) is 25.0 Å². The van der Waals surface area contributed by atoms with Crippen LogP contribution in [0.3, 0.4) is 0 Å². The molecule has 4 nitrogen and oxygen atoms in total. The van der Waals surface area contributed by atoms with Crippen LogP contribution in [0.4, 0.5) is 0 Å². The number of carbonyl (C=O) groups is 1. The van der Waals surface area contributed by atoms with Crippen LogP contribution in [0.1, 0.15) is 0 Å². The first kappa shape index (κ1) is 13.9. The summed E-state index contributed by atoms with van der Waals surface area (Å²) >= 11 is 1.84. The van der Waals surface area contributed by atoms with E-state index in [9.17, 15) is 4.79 Å². The number of ether oxygens (including phenoxy) is 2. The number of hydrogen-bond acceptors (Lipinski definition) is 5. The molecule has 1 spiro atoms. The molecule has 2 heterocycles. The van der Waals surface area contributed by atoms with Gasteiger partial charge < -0.3 is 14.4 Å². The summed E-state index contributed by atoms with van der Waals surface area (Å²) in [5, 5.41) is 0.319. The second-order valence-electron chi connectivity index (χ2n) is 4.81. The van der Waals surface area contributed by atoms with Gasteiger partial charge in [-0.3, -0.25) is 4.79 Å². The maximum absolute atomic E-state index is 11.7. The number of allylic oxidation sites excluding steroid dienone is 2. The lowest BCUT2D eigenvalue weighted by atomic mass is 9.86. The van der Waals surface area contributed by atoms with Crippen molar-refractivity contribution in [1.82, 2.24) is 4.90 Å². The van der Waals surface area contributed by atoms with Gasteiger partial charge in [0.15, 0.2) is 18.2 Å². The van der Waals surface area contributed by atoms with Gasteiger partial charge in [0.25, 0.3) is 0 Å². The molecule has 0 aromatic rings. The Morgan fingerprint density at radius 3 is 3.00 bits per heavy atom. The second kappa shape index (κ2) is 4.89. The molecule has 1 aliphatic carbocycles. The third kappa shape index (κ3) is 1.99. The molecule has 0 bridgehead atoms. The summed E-state index contributed by atoms with van der Waals surface area (Å²) in [5.41, 5.74) is 0.635. The van der Waals surface area contributed by atoms with E-state index in [0.29, 0.717) is 11.0 Å². The number of thioether (sulfide) groups is 1. The van der Waals surface area contributed by atoms with Gasteiger partial charge in [-0.15, -0.1) is 24.2 Å². The molecule has 0 saturated carbocycles. The number of ketones is 1. The van der Waals surface area contributed by atoms with Gasteiger partial charge in [-0.25, -0.2) is 0 Å². The minimum Gasteiger partial charge on any atom is -0.468 e. The van der Waals surface area contributed by atoms with E-state index in [1.165, 1.54) is 0 Å². The van der Waals surface area contributed by atoms with E-state index in [0.717, 1.165) is 17.9 Å². The topological polar surface area (TPSA) is 38.8 Å². The Morgan fingerprint density at radius 1 is 1.50 bits per heavy atom. The van der Waals surface area contributed by atoms with Gasteiger partial charge in [-0.05, 0) is 25.7 Å². The third-order valence-corrected chi connectivity index (χ3v) is 4.70. The van der Waals surface area contributed by atoms with Crippen LogP contribution >= 0.6 is 24.2 Å². The molecule has 18 heavy (non-hydrogen) atoms. The monoisotopic (exact) mass is 289 g/mol. The van der Waals surface area contributed by atoms with Crippen LogP contribution in [0.5, 0.6) is 0 Å². The predicted octanol–water partition coefficient (Wildman–Crippen LogP) is 1.22. The quantitative estimate of drug-likeness (QED) is 0.764. The predicted molar refractivity (Wildman–Crippen MR) is 73.0 cm³/mol. The lowest BCUT2D eigenvalue weighted by molar-refractivity contribution is -0.111. The van der Waals surface area contributed by atoms with E-state index >= 15 is 0 Å². The molecule has 3 rings (SSSR count).